The normalized spacial score (nSPS) is 19.2. The summed E-state index contributed by atoms with van der Waals surface area (Å²) in [7, 11) is 0. The van der Waals surface area contributed by atoms with E-state index in [9.17, 15) is 22.0 Å². The summed E-state index contributed by atoms with van der Waals surface area (Å²) in [6, 6.07) is 0. The summed E-state index contributed by atoms with van der Waals surface area (Å²) in [5.41, 5.74) is 0. The smallest absolute Gasteiger partial charge is 0.218 e. The van der Waals surface area contributed by atoms with Crippen molar-refractivity contribution in [2.75, 3.05) is 0 Å². The van der Waals surface area contributed by atoms with Crippen molar-refractivity contribution in [2.45, 2.75) is 14.0 Å². The van der Waals surface area contributed by atoms with Crippen LogP contribution in [0.5, 0.6) is 0 Å². The van der Waals surface area contributed by atoms with Crippen molar-refractivity contribution in [3.8, 4) is 0 Å². The summed E-state index contributed by atoms with van der Waals surface area (Å²) >= 11 is 0.737. The SMILES string of the molecule is FC(F)C(F)(I)C(F)(F)I. The van der Waals surface area contributed by atoms with Crippen molar-refractivity contribution in [1.29, 1.82) is 0 Å². The van der Waals surface area contributed by atoms with Crippen LogP contribution in [-0.4, -0.2) is 14.0 Å². The Hall–Kier alpha value is 1.11. The molecular weight excluding hydrogens is 385 g/mol. The van der Waals surface area contributed by atoms with E-state index in [-0.39, 0.29) is 0 Å². The maximum absolute atomic E-state index is 12.2. The van der Waals surface area contributed by atoms with Gasteiger partial charge in [0.25, 0.3) is 10.1 Å². The topological polar surface area (TPSA) is 0 Å². The molecule has 0 aliphatic rings. The average molecular weight is 386 g/mol. The Morgan fingerprint density at radius 1 is 1.00 bits per heavy atom. The van der Waals surface area contributed by atoms with Crippen LogP contribution < -0.4 is 0 Å². The molecule has 1 unspecified atom stereocenters. The summed E-state index contributed by atoms with van der Waals surface area (Å²) in [6.07, 6.45) is -3.68. The first-order valence-corrected chi connectivity index (χ1v) is 4.08. The van der Waals surface area contributed by atoms with Crippen molar-refractivity contribution < 1.29 is 22.0 Å². The number of hydrogen-bond donors (Lipinski definition) is 0. The van der Waals surface area contributed by atoms with Gasteiger partial charge in [0.2, 0.25) is 0 Å². The number of halogens is 7. The molecule has 0 bridgehead atoms. The number of alkyl halides is 7. The van der Waals surface area contributed by atoms with Gasteiger partial charge >= 0.3 is 3.93 Å². The molecule has 0 rings (SSSR count). The molecule has 0 radical (unpaired) electrons. The predicted octanol–water partition coefficient (Wildman–Crippen LogP) is 3.38. The van der Waals surface area contributed by atoms with E-state index in [1.54, 1.807) is 0 Å². The van der Waals surface area contributed by atoms with Crippen molar-refractivity contribution >= 4 is 45.2 Å². The fourth-order valence-corrected chi connectivity index (χ4v) is 0.359. The third-order valence-electron chi connectivity index (χ3n) is 0.652. The largest absolute Gasteiger partial charge is 0.344 e. The second-order valence-electron chi connectivity index (χ2n) is 1.42. The molecule has 0 nitrogen and oxygen atoms in total. The first-order valence-electron chi connectivity index (χ1n) is 1.92. The predicted molar refractivity (Wildman–Crippen MR) is 42.8 cm³/mol. The highest BCUT2D eigenvalue weighted by molar-refractivity contribution is 14.1. The third-order valence-corrected chi connectivity index (χ3v) is 3.62. The summed E-state index contributed by atoms with van der Waals surface area (Å²) in [5.74, 6) is 0. The van der Waals surface area contributed by atoms with Gasteiger partial charge in [-0.1, -0.05) is 0 Å². The minimum atomic E-state index is -4.04. The Balaban J connectivity index is 4.40. The highest BCUT2D eigenvalue weighted by Gasteiger charge is 2.58. The van der Waals surface area contributed by atoms with Crippen molar-refractivity contribution in [3.63, 3.8) is 0 Å². The van der Waals surface area contributed by atoms with Gasteiger partial charge in [0.1, 0.15) is 0 Å². The van der Waals surface area contributed by atoms with Gasteiger partial charge in [-0.05, 0) is 22.6 Å². The Morgan fingerprint density at radius 2 is 1.30 bits per heavy atom. The second kappa shape index (κ2) is 3.23. The number of hydrogen-bond acceptors (Lipinski definition) is 0. The summed E-state index contributed by atoms with van der Waals surface area (Å²) in [4.78, 5) is 0. The van der Waals surface area contributed by atoms with Crippen LogP contribution >= 0.6 is 45.2 Å². The first kappa shape index (κ1) is 11.1. The van der Waals surface area contributed by atoms with Crippen LogP contribution in [-0.2, 0) is 0 Å². The molecule has 0 spiro atoms. The van der Waals surface area contributed by atoms with Crippen LogP contribution in [0.15, 0.2) is 0 Å². The van der Waals surface area contributed by atoms with E-state index in [0.29, 0.717) is 45.2 Å². The van der Waals surface area contributed by atoms with Gasteiger partial charge < -0.3 is 0 Å². The molecule has 0 saturated carbocycles. The molecule has 0 heterocycles. The van der Waals surface area contributed by atoms with Crippen molar-refractivity contribution in [2.24, 2.45) is 0 Å². The van der Waals surface area contributed by atoms with E-state index in [1.807, 2.05) is 0 Å². The molecule has 0 aromatic rings. The lowest BCUT2D eigenvalue weighted by atomic mass is 10.4. The van der Waals surface area contributed by atoms with Crippen LogP contribution in [0.2, 0.25) is 0 Å². The molecule has 0 amide bonds. The quantitative estimate of drug-likeness (QED) is 0.388. The number of rotatable bonds is 2. The van der Waals surface area contributed by atoms with Crippen molar-refractivity contribution in [1.82, 2.24) is 0 Å². The van der Waals surface area contributed by atoms with E-state index in [0.717, 1.165) is 0 Å². The Bertz CT molecular complexity index is 117. The zero-order valence-electron chi connectivity index (χ0n) is 4.22. The summed E-state index contributed by atoms with van der Waals surface area (Å²) in [6.45, 7) is 0. The van der Waals surface area contributed by atoms with E-state index >= 15 is 0 Å². The van der Waals surface area contributed by atoms with Gasteiger partial charge in [-0.25, -0.2) is 13.2 Å². The van der Waals surface area contributed by atoms with Crippen LogP contribution in [0.3, 0.4) is 0 Å². The van der Waals surface area contributed by atoms with E-state index in [2.05, 4.69) is 0 Å². The minimum absolute atomic E-state index is 0.339. The molecule has 0 aliphatic carbocycles. The molecule has 0 N–H and O–H groups in total. The van der Waals surface area contributed by atoms with Gasteiger partial charge in [-0.2, -0.15) is 8.78 Å². The van der Waals surface area contributed by atoms with E-state index in [4.69, 9.17) is 0 Å². The second-order valence-corrected chi connectivity index (χ2v) is 4.35. The Morgan fingerprint density at radius 3 is 1.30 bits per heavy atom. The maximum atomic E-state index is 12.2. The average Bonchev–Trinajstić information content (AvgIpc) is 1.62. The minimum Gasteiger partial charge on any atom is -0.218 e. The maximum Gasteiger partial charge on any atom is 0.344 e. The fourth-order valence-electron chi connectivity index (χ4n) is 0.124. The first-order chi connectivity index (χ1) is 4.19. The van der Waals surface area contributed by atoms with Crippen LogP contribution in [0.25, 0.3) is 0 Å². The van der Waals surface area contributed by atoms with Gasteiger partial charge in [-0.15, -0.1) is 0 Å². The highest BCUT2D eigenvalue weighted by Crippen LogP contribution is 2.47. The molecule has 0 saturated heterocycles. The summed E-state index contributed by atoms with van der Waals surface area (Å²) in [5, 5.41) is 0. The van der Waals surface area contributed by atoms with Gasteiger partial charge in [-0.3, -0.25) is 0 Å². The van der Waals surface area contributed by atoms with Crippen molar-refractivity contribution in [3.05, 3.63) is 0 Å². The highest BCUT2D eigenvalue weighted by atomic mass is 127. The molecule has 0 aliphatic heterocycles. The van der Waals surface area contributed by atoms with E-state index < -0.39 is 14.0 Å². The molecule has 1 atom stereocenters. The Kier molecular flexibility index (Phi) is 3.59. The fraction of sp³-hybridized carbons (Fsp3) is 1.00. The molecule has 0 fully saturated rings. The lowest BCUT2D eigenvalue weighted by Crippen LogP contribution is -2.39. The standard InChI is InChI=1S/C3HF5I2/c4-1(5)2(6,9)3(7,8)10/h1H. The van der Waals surface area contributed by atoms with E-state index in [1.165, 1.54) is 0 Å². The van der Waals surface area contributed by atoms with Gasteiger partial charge in [0.05, 0.1) is 0 Å². The molecule has 7 heteroatoms. The lowest BCUT2D eigenvalue weighted by Gasteiger charge is -2.22. The zero-order valence-corrected chi connectivity index (χ0v) is 8.54. The monoisotopic (exact) mass is 386 g/mol. The van der Waals surface area contributed by atoms with Crippen LogP contribution in [0, 0.1) is 0 Å². The summed E-state index contributed by atoms with van der Waals surface area (Å²) < 4.78 is 51.0. The van der Waals surface area contributed by atoms with Crippen LogP contribution in [0.1, 0.15) is 0 Å². The molecule has 0 aromatic heterocycles. The molecule has 0 aromatic carbocycles. The van der Waals surface area contributed by atoms with Gasteiger partial charge in [0.15, 0.2) is 0 Å². The zero-order chi connectivity index (χ0) is 8.58. The molecule has 10 heavy (non-hydrogen) atoms. The lowest BCUT2D eigenvalue weighted by molar-refractivity contribution is -0.0677. The molecule has 62 valence electrons. The van der Waals surface area contributed by atoms with Gasteiger partial charge in [0, 0.05) is 22.6 Å². The molecular formula is C3HF5I2. The van der Waals surface area contributed by atoms with Crippen LogP contribution in [0.4, 0.5) is 22.0 Å². The third kappa shape index (κ3) is 2.31. The Labute approximate surface area is 80.8 Å².